The number of nitrogens with zero attached hydrogens (tertiary/aromatic N) is 6. The summed E-state index contributed by atoms with van der Waals surface area (Å²) in [6, 6.07) is 14.3. The molecule has 0 fully saturated rings. The number of anilines is 4. The van der Waals surface area contributed by atoms with Gasteiger partial charge in [0.2, 0.25) is 0 Å². The van der Waals surface area contributed by atoms with Crippen LogP contribution in [-0.4, -0.2) is 101 Å². The van der Waals surface area contributed by atoms with Gasteiger partial charge in [0.15, 0.2) is 39.2 Å². The van der Waals surface area contributed by atoms with Gasteiger partial charge in [0.05, 0.1) is 44.5 Å². The number of aliphatic hydroxyl groups is 1. The van der Waals surface area contributed by atoms with E-state index in [1.165, 1.54) is 28.7 Å². The lowest BCUT2D eigenvalue weighted by molar-refractivity contribution is -0.873. The third-order valence-corrected chi connectivity index (χ3v) is 9.89. The van der Waals surface area contributed by atoms with Crippen LogP contribution >= 0.6 is 22.7 Å². The number of aliphatic hydroxyl groups excluding tert-OH is 1. The molecule has 0 radical (unpaired) electrons. The number of aromatic carboxylic acids is 1. The minimum Gasteiger partial charge on any atom is -0.491 e. The topological polar surface area (TPSA) is 146 Å². The highest BCUT2D eigenvalue weighted by Gasteiger charge is 2.24. The molecule has 0 bridgehead atoms. The minimum absolute atomic E-state index is 0.0513. The monoisotopic (exact) mass is 747 g/mol. The summed E-state index contributed by atoms with van der Waals surface area (Å²) >= 11 is 2.78. The van der Waals surface area contributed by atoms with E-state index in [2.05, 4.69) is 42.6 Å². The molecule has 2 aromatic carbocycles. The van der Waals surface area contributed by atoms with E-state index in [-0.39, 0.29) is 18.1 Å². The van der Waals surface area contributed by atoms with Crippen LogP contribution in [0.15, 0.2) is 48.5 Å². The number of nitrogens with one attached hydrogen (secondary N) is 2. The first-order chi connectivity index (χ1) is 24.9. The Morgan fingerprint density at radius 2 is 1.90 bits per heavy atom. The van der Waals surface area contributed by atoms with E-state index >= 15 is 0 Å². The van der Waals surface area contributed by atoms with E-state index in [0.29, 0.717) is 82.1 Å². The Labute approximate surface area is 310 Å². The number of ether oxygens (including phenoxy) is 1. The number of hydrogen-bond acceptors (Lipinski definition) is 12. The number of carboxylic acids is 1. The molecule has 0 aliphatic rings. The quantitative estimate of drug-likeness (QED) is 0.0505. The van der Waals surface area contributed by atoms with Crippen molar-refractivity contribution >= 4 is 60.8 Å². The Morgan fingerprint density at radius 3 is 2.62 bits per heavy atom. The maximum atomic E-state index is 14.6. The van der Waals surface area contributed by atoms with Crippen LogP contribution in [0.1, 0.15) is 45.8 Å². The molecule has 4 N–H and O–H groups in total. The van der Waals surface area contributed by atoms with Crippen molar-refractivity contribution in [2.24, 2.45) is 0 Å². The van der Waals surface area contributed by atoms with Crippen molar-refractivity contribution < 1.29 is 28.6 Å². The smallest absolute Gasteiger partial charge is 0.355 e. The largest absolute Gasteiger partial charge is 0.491 e. The predicted octanol–water partition coefficient (Wildman–Crippen LogP) is 6.00. The van der Waals surface area contributed by atoms with Crippen molar-refractivity contribution in [3.8, 4) is 17.6 Å². The van der Waals surface area contributed by atoms with Crippen LogP contribution < -0.4 is 20.3 Å². The maximum Gasteiger partial charge on any atom is 0.355 e. The number of quaternary nitrogens is 1. The highest BCUT2D eigenvalue weighted by atomic mass is 32.1. The third-order valence-electron chi connectivity index (χ3n) is 7.80. The molecule has 12 nitrogen and oxygen atoms in total. The molecule has 0 amide bonds. The van der Waals surface area contributed by atoms with Gasteiger partial charge in [-0.2, -0.15) is 0 Å². The lowest BCUT2D eigenvalue weighted by Gasteiger charge is -2.27. The van der Waals surface area contributed by atoms with Crippen LogP contribution in [0, 0.1) is 24.6 Å². The van der Waals surface area contributed by atoms with Gasteiger partial charge in [-0.1, -0.05) is 35.3 Å². The van der Waals surface area contributed by atoms with Gasteiger partial charge in [-0.25, -0.2) is 19.2 Å². The molecule has 3 aromatic heterocycles. The van der Waals surface area contributed by atoms with Crippen LogP contribution in [0.4, 0.5) is 26.3 Å². The zero-order chi connectivity index (χ0) is 37.3. The molecule has 0 aliphatic carbocycles. The van der Waals surface area contributed by atoms with Crippen molar-refractivity contribution in [1.82, 2.24) is 25.5 Å². The first-order valence-electron chi connectivity index (χ1n) is 16.9. The third kappa shape index (κ3) is 10.7. The second-order valence-electron chi connectivity index (χ2n) is 13.3. The van der Waals surface area contributed by atoms with Gasteiger partial charge in [-0.3, -0.25) is 0 Å². The molecule has 0 saturated carbocycles. The van der Waals surface area contributed by atoms with Gasteiger partial charge in [0.1, 0.15) is 12.6 Å². The van der Waals surface area contributed by atoms with Crippen LogP contribution in [0.3, 0.4) is 0 Å². The Balaban J connectivity index is 1.32. The zero-order valence-corrected chi connectivity index (χ0v) is 31.6. The van der Waals surface area contributed by atoms with Crippen LogP contribution in [0.2, 0.25) is 0 Å². The summed E-state index contributed by atoms with van der Waals surface area (Å²) in [7, 11) is 7.88. The van der Waals surface area contributed by atoms with E-state index in [9.17, 15) is 19.4 Å². The number of carboxylic acid groups (broad SMARTS) is 1. The molecular weight excluding hydrogens is 704 g/mol. The number of para-hydroxylation sites is 1. The number of likely N-dealkylation sites (N-methyl/N-ethyl adjacent to an activating group) is 1. The highest BCUT2D eigenvalue weighted by Crippen LogP contribution is 2.34. The van der Waals surface area contributed by atoms with Crippen molar-refractivity contribution in [2.45, 2.75) is 38.7 Å². The minimum atomic E-state index is -1.14. The Hall–Kier alpha value is -4.72. The fraction of sp³-hybridized carbons (Fsp3) is 0.378. The molecule has 1 atom stereocenters. The van der Waals surface area contributed by atoms with Gasteiger partial charge in [-0.05, 0) is 81.6 Å². The van der Waals surface area contributed by atoms with E-state index in [4.69, 9.17) is 4.74 Å². The molecule has 3 heterocycles. The molecule has 274 valence electrons. The SMILES string of the molecule is CNCC#Cc1ccc(OCCCc2sc(N(CCCC(O)C[N+](C)(C)C)c3cc(C)c(Nc4nc5ccccc5s4)nn3)nc2C(=O)O)c(F)c1. The van der Waals surface area contributed by atoms with Crippen LogP contribution in [0.25, 0.3) is 10.2 Å². The van der Waals surface area contributed by atoms with E-state index in [0.717, 1.165) is 15.8 Å². The highest BCUT2D eigenvalue weighted by molar-refractivity contribution is 7.22. The van der Waals surface area contributed by atoms with Gasteiger partial charge >= 0.3 is 5.97 Å². The van der Waals surface area contributed by atoms with Gasteiger partial charge in [-0.15, -0.1) is 21.5 Å². The fourth-order valence-electron chi connectivity index (χ4n) is 5.41. The summed E-state index contributed by atoms with van der Waals surface area (Å²) in [6.45, 7) is 3.61. The first kappa shape index (κ1) is 38.5. The van der Waals surface area contributed by atoms with E-state index in [1.807, 2.05) is 63.3 Å². The van der Waals surface area contributed by atoms with Crippen molar-refractivity contribution in [1.29, 1.82) is 0 Å². The van der Waals surface area contributed by atoms with Gasteiger partial charge in [0, 0.05) is 17.0 Å². The normalized spacial score (nSPS) is 12.0. The summed E-state index contributed by atoms with van der Waals surface area (Å²) in [6.07, 6.45) is 1.43. The zero-order valence-electron chi connectivity index (χ0n) is 29.9. The van der Waals surface area contributed by atoms with Crippen molar-refractivity contribution in [2.75, 3.05) is 64.6 Å². The molecule has 1 unspecified atom stereocenters. The summed E-state index contributed by atoms with van der Waals surface area (Å²) in [5.41, 5.74) is 2.21. The van der Waals surface area contributed by atoms with Gasteiger partial charge in [0.25, 0.3) is 0 Å². The number of aryl methyl sites for hydroxylation is 2. The van der Waals surface area contributed by atoms with E-state index in [1.54, 1.807) is 19.2 Å². The van der Waals surface area contributed by atoms with Crippen molar-refractivity contribution in [3.05, 3.63) is 76.0 Å². The molecule has 0 saturated heterocycles. The average Bonchev–Trinajstić information content (AvgIpc) is 3.70. The fourth-order valence-corrected chi connectivity index (χ4v) is 7.40. The second-order valence-corrected chi connectivity index (χ2v) is 15.4. The summed E-state index contributed by atoms with van der Waals surface area (Å²) in [5.74, 6) is 5.30. The molecule has 0 spiro atoms. The molecule has 5 aromatic rings. The van der Waals surface area contributed by atoms with Crippen LogP contribution in [0.5, 0.6) is 5.75 Å². The molecule has 15 heteroatoms. The lowest BCUT2D eigenvalue weighted by Crippen LogP contribution is -2.41. The van der Waals surface area contributed by atoms with Crippen LogP contribution in [-0.2, 0) is 6.42 Å². The number of fused-ring (bicyclic) bond motifs is 1. The number of halogens is 1. The molecule has 5 rings (SSSR count). The molecule has 0 aliphatic heterocycles. The summed E-state index contributed by atoms with van der Waals surface area (Å²) < 4.78 is 22.0. The second kappa shape index (κ2) is 17.7. The van der Waals surface area contributed by atoms with Crippen molar-refractivity contribution in [3.63, 3.8) is 0 Å². The Kier molecular flexibility index (Phi) is 13.1. The maximum absolute atomic E-state index is 14.6. The molecular formula is C37H44FN8O4S2+. The number of benzene rings is 2. The average molecular weight is 748 g/mol. The Morgan fingerprint density at radius 1 is 1.10 bits per heavy atom. The first-order valence-corrected chi connectivity index (χ1v) is 18.6. The number of thiazole rings is 2. The number of hydrogen-bond donors (Lipinski definition) is 4. The number of rotatable bonds is 17. The lowest BCUT2D eigenvalue weighted by atomic mass is 10.1. The summed E-state index contributed by atoms with van der Waals surface area (Å²) in [5, 5.41) is 37.1. The molecule has 52 heavy (non-hydrogen) atoms. The number of aromatic nitrogens is 4. The van der Waals surface area contributed by atoms with E-state index < -0.39 is 17.9 Å². The predicted molar refractivity (Wildman–Crippen MR) is 205 cm³/mol. The number of carbonyl (C=O) groups is 1. The Bertz CT molecular complexity index is 2020. The standard InChI is InChI=1S/C37H43FN8O4S2/c1-24-21-32(43-44-34(24)42-36-40-28-13-6-7-14-30(28)51-36)45(19-9-12-26(47)23-46(3,4)5)37-41-33(35(48)49)31(52-37)15-10-20-50-29-17-16-25(22-27(29)38)11-8-18-39-2/h6-7,13-14,16-17,21-22,26,39,47H,9-10,12,15,18-20,23H2,1-5H3,(H-,40,42,44,48,49)/p+1. The van der Waals surface area contributed by atoms with Gasteiger partial charge < -0.3 is 35.0 Å². The summed E-state index contributed by atoms with van der Waals surface area (Å²) in [4.78, 5) is 24.0.